The van der Waals surface area contributed by atoms with E-state index in [2.05, 4.69) is 31.4 Å². The van der Waals surface area contributed by atoms with Crippen molar-refractivity contribution in [3.8, 4) is 0 Å². The van der Waals surface area contributed by atoms with Crippen LogP contribution in [0.5, 0.6) is 0 Å². The molecule has 3 rings (SSSR count). The van der Waals surface area contributed by atoms with Gasteiger partial charge >= 0.3 is 6.18 Å². The van der Waals surface area contributed by atoms with Gasteiger partial charge in [0.25, 0.3) is 0 Å². The summed E-state index contributed by atoms with van der Waals surface area (Å²) in [6.45, 7) is 8.13. The van der Waals surface area contributed by atoms with Crippen LogP contribution in [0.4, 0.5) is 13.2 Å². The molecule has 0 aliphatic carbocycles. The number of fused-ring (bicyclic) bond motifs is 1. The zero-order valence-electron chi connectivity index (χ0n) is 14.2. The lowest BCUT2D eigenvalue weighted by Crippen LogP contribution is -2.05. The molecule has 0 unspecified atom stereocenters. The van der Waals surface area contributed by atoms with Crippen LogP contribution in [0.25, 0.3) is 11.1 Å². The average Bonchev–Trinajstić information content (AvgIpc) is 2.64. The molecular formula is C21H19F3S2. The monoisotopic (exact) mass is 392 g/mol. The molecule has 0 bridgehead atoms. The summed E-state index contributed by atoms with van der Waals surface area (Å²) in [6.07, 6.45) is -3.08. The van der Waals surface area contributed by atoms with Gasteiger partial charge in [-0.05, 0) is 59.4 Å². The van der Waals surface area contributed by atoms with E-state index in [-0.39, 0.29) is 0 Å². The Morgan fingerprint density at radius 2 is 1.46 bits per heavy atom. The van der Waals surface area contributed by atoms with Crippen LogP contribution in [0.3, 0.4) is 0 Å². The Labute approximate surface area is 160 Å². The molecule has 0 saturated heterocycles. The largest absolute Gasteiger partial charge is 0.416 e. The van der Waals surface area contributed by atoms with Gasteiger partial charge in [0.1, 0.15) is 0 Å². The molecule has 0 fully saturated rings. The van der Waals surface area contributed by atoms with Gasteiger partial charge < -0.3 is 0 Å². The average molecular weight is 393 g/mol. The fourth-order valence-corrected chi connectivity index (χ4v) is 5.02. The maximum absolute atomic E-state index is 12.9. The fraction of sp³-hybridized carbons (Fsp3) is 0.238. The van der Waals surface area contributed by atoms with E-state index in [9.17, 15) is 13.2 Å². The summed E-state index contributed by atoms with van der Waals surface area (Å²) in [6, 6.07) is 11.7. The van der Waals surface area contributed by atoms with Crippen molar-refractivity contribution >= 4 is 34.7 Å². The Hall–Kier alpha value is -1.59. The van der Waals surface area contributed by atoms with Crippen LogP contribution < -0.4 is 0 Å². The highest BCUT2D eigenvalue weighted by Gasteiger charge is 2.30. The first-order chi connectivity index (χ1) is 12.3. The molecule has 0 nitrogen and oxygen atoms in total. The van der Waals surface area contributed by atoms with E-state index in [1.54, 1.807) is 6.07 Å². The third-order valence-electron chi connectivity index (χ3n) is 4.28. The van der Waals surface area contributed by atoms with Crippen molar-refractivity contribution in [3.05, 3.63) is 72.3 Å². The van der Waals surface area contributed by atoms with E-state index in [4.69, 9.17) is 0 Å². The normalized spacial score (nSPS) is 14.0. The summed E-state index contributed by atoms with van der Waals surface area (Å²) < 4.78 is 38.6. The first kappa shape index (κ1) is 19.2. The van der Waals surface area contributed by atoms with E-state index < -0.39 is 11.7 Å². The predicted molar refractivity (Wildman–Crippen MR) is 107 cm³/mol. The first-order valence-corrected chi connectivity index (χ1v) is 10.2. The lowest BCUT2D eigenvalue weighted by Gasteiger charge is -2.16. The summed E-state index contributed by atoms with van der Waals surface area (Å²) in [4.78, 5) is 2.60. The van der Waals surface area contributed by atoms with Gasteiger partial charge in [-0.2, -0.15) is 13.2 Å². The van der Waals surface area contributed by atoms with Crippen molar-refractivity contribution in [2.24, 2.45) is 0 Å². The summed E-state index contributed by atoms with van der Waals surface area (Å²) in [5.41, 5.74) is 2.66. The standard InChI is InChI=1S/C21H19F3S2/c1-14(16-4-3-5-18(12-16)21(22,23)24)6-7-15(2)17-8-9-19-20(13-17)26-11-10-25-19/h3-5,8-9,12-13H,1-2,6-7,10-11H2. The van der Waals surface area contributed by atoms with Crippen LogP contribution in [0.2, 0.25) is 0 Å². The van der Waals surface area contributed by atoms with Crippen LogP contribution in [-0.4, -0.2) is 11.5 Å². The molecule has 2 aromatic carbocycles. The first-order valence-electron chi connectivity index (χ1n) is 8.28. The highest BCUT2D eigenvalue weighted by molar-refractivity contribution is 8.05. The third-order valence-corrected chi connectivity index (χ3v) is 6.80. The smallest absolute Gasteiger partial charge is 0.166 e. The number of hydrogen-bond acceptors (Lipinski definition) is 2. The van der Waals surface area contributed by atoms with Crippen molar-refractivity contribution in [1.82, 2.24) is 0 Å². The zero-order valence-corrected chi connectivity index (χ0v) is 15.9. The van der Waals surface area contributed by atoms with Crippen LogP contribution in [0.1, 0.15) is 29.5 Å². The lowest BCUT2D eigenvalue weighted by molar-refractivity contribution is -0.137. The maximum Gasteiger partial charge on any atom is 0.416 e. The summed E-state index contributed by atoms with van der Waals surface area (Å²) >= 11 is 3.73. The molecule has 2 aromatic rings. The van der Waals surface area contributed by atoms with Gasteiger partial charge in [-0.15, -0.1) is 23.5 Å². The number of hydrogen-bond donors (Lipinski definition) is 0. The van der Waals surface area contributed by atoms with Crippen molar-refractivity contribution in [3.63, 3.8) is 0 Å². The Morgan fingerprint density at radius 3 is 2.12 bits per heavy atom. The molecule has 0 radical (unpaired) electrons. The molecule has 26 heavy (non-hydrogen) atoms. The maximum atomic E-state index is 12.9. The second-order valence-corrected chi connectivity index (χ2v) is 8.42. The fourth-order valence-electron chi connectivity index (χ4n) is 2.77. The Bertz CT molecular complexity index is 837. The van der Waals surface area contributed by atoms with Crippen LogP contribution in [0.15, 0.2) is 65.4 Å². The number of alkyl halides is 3. The third kappa shape index (κ3) is 4.57. The van der Waals surface area contributed by atoms with Crippen LogP contribution in [0, 0.1) is 0 Å². The van der Waals surface area contributed by atoms with Crippen molar-refractivity contribution in [2.45, 2.75) is 28.8 Å². The Kier molecular flexibility index (Phi) is 5.88. The summed E-state index contributed by atoms with van der Waals surface area (Å²) in [7, 11) is 0. The quantitative estimate of drug-likeness (QED) is 0.519. The van der Waals surface area contributed by atoms with E-state index in [1.807, 2.05) is 23.5 Å². The number of thioether (sulfide) groups is 2. The number of allylic oxidation sites excluding steroid dienone is 2. The van der Waals surface area contributed by atoms with E-state index in [0.29, 0.717) is 24.0 Å². The van der Waals surface area contributed by atoms with Gasteiger partial charge in [-0.25, -0.2) is 0 Å². The molecule has 1 heterocycles. The molecule has 1 aliphatic heterocycles. The molecular weight excluding hydrogens is 373 g/mol. The zero-order chi connectivity index (χ0) is 18.7. The molecule has 136 valence electrons. The minimum absolute atomic E-state index is 0.532. The highest BCUT2D eigenvalue weighted by Crippen LogP contribution is 2.38. The van der Waals surface area contributed by atoms with Gasteiger partial charge in [0, 0.05) is 21.3 Å². The number of benzene rings is 2. The SMILES string of the molecule is C=C(CCC(=C)c1ccc2c(c1)SCCS2)c1cccc(C(F)(F)F)c1. The summed E-state index contributed by atoms with van der Waals surface area (Å²) in [5.74, 6) is 2.24. The van der Waals surface area contributed by atoms with Crippen molar-refractivity contribution in [1.29, 1.82) is 0 Å². The molecule has 0 aromatic heterocycles. The van der Waals surface area contributed by atoms with Gasteiger partial charge in [-0.1, -0.05) is 31.4 Å². The molecule has 0 saturated carbocycles. The lowest BCUT2D eigenvalue weighted by atomic mass is 9.96. The minimum Gasteiger partial charge on any atom is -0.166 e. The van der Waals surface area contributed by atoms with Gasteiger partial charge in [0.05, 0.1) is 5.56 Å². The van der Waals surface area contributed by atoms with E-state index >= 15 is 0 Å². The topological polar surface area (TPSA) is 0 Å². The second kappa shape index (κ2) is 7.97. The second-order valence-electron chi connectivity index (χ2n) is 6.14. The molecule has 0 N–H and O–H groups in total. The van der Waals surface area contributed by atoms with Crippen molar-refractivity contribution in [2.75, 3.05) is 11.5 Å². The van der Waals surface area contributed by atoms with Crippen LogP contribution in [-0.2, 0) is 6.18 Å². The molecule has 0 atom stereocenters. The van der Waals surface area contributed by atoms with Crippen molar-refractivity contribution < 1.29 is 13.2 Å². The number of rotatable bonds is 5. The van der Waals surface area contributed by atoms with E-state index in [0.717, 1.165) is 34.8 Å². The molecule has 0 spiro atoms. The molecule has 0 amide bonds. The predicted octanol–water partition coefficient (Wildman–Crippen LogP) is 7.41. The Balaban J connectivity index is 1.65. The summed E-state index contributed by atoms with van der Waals surface area (Å²) in [5, 5.41) is 0. The van der Waals surface area contributed by atoms with Gasteiger partial charge in [0.2, 0.25) is 0 Å². The van der Waals surface area contributed by atoms with E-state index in [1.165, 1.54) is 15.9 Å². The molecule has 1 aliphatic rings. The van der Waals surface area contributed by atoms with Crippen LogP contribution >= 0.6 is 23.5 Å². The van der Waals surface area contributed by atoms with Gasteiger partial charge in [0.15, 0.2) is 0 Å². The van der Waals surface area contributed by atoms with Gasteiger partial charge in [-0.3, -0.25) is 0 Å². The molecule has 5 heteroatoms. The minimum atomic E-state index is -4.33. The Morgan fingerprint density at radius 1 is 0.846 bits per heavy atom. The highest BCUT2D eigenvalue weighted by atomic mass is 32.2. The number of halogens is 3.